The molecule has 0 aliphatic carbocycles. The fourth-order valence-corrected chi connectivity index (χ4v) is 3.39. The molecule has 1 heterocycles. The first-order chi connectivity index (χ1) is 9.70. The molecule has 0 radical (unpaired) electrons. The molecule has 0 fully saturated rings. The minimum Gasteiger partial charge on any atom is -0.340 e. The number of aryl methyl sites for hydroxylation is 1. The summed E-state index contributed by atoms with van der Waals surface area (Å²) in [5.41, 5.74) is 2.45. The standard InChI is InChI=1S/C16H14BrCl2N/c17-7-1-2-8-20-15-5-3-11(18)9-13(15)14-10-12(19)4-6-16(14)20/h3-6,9-10H,1-2,7-8H2. The Morgan fingerprint density at radius 2 is 1.40 bits per heavy atom. The molecule has 4 heteroatoms. The van der Waals surface area contributed by atoms with Gasteiger partial charge in [0.25, 0.3) is 0 Å². The number of halogens is 3. The molecule has 0 amide bonds. The molecule has 0 aliphatic rings. The Labute approximate surface area is 136 Å². The molecule has 0 unspecified atom stereocenters. The molecule has 3 rings (SSSR count). The van der Waals surface area contributed by atoms with Gasteiger partial charge in [-0.3, -0.25) is 0 Å². The van der Waals surface area contributed by atoms with Crippen molar-refractivity contribution in [2.75, 3.05) is 5.33 Å². The van der Waals surface area contributed by atoms with Crippen LogP contribution >= 0.6 is 39.1 Å². The van der Waals surface area contributed by atoms with E-state index in [0.29, 0.717) is 0 Å². The largest absolute Gasteiger partial charge is 0.340 e. The third-order valence-corrected chi connectivity index (χ3v) is 4.59. The predicted octanol–water partition coefficient (Wildman–Crippen LogP) is 6.28. The van der Waals surface area contributed by atoms with Crippen LogP contribution in [0.2, 0.25) is 10.0 Å². The number of rotatable bonds is 4. The number of benzene rings is 2. The number of hydrogen-bond acceptors (Lipinski definition) is 0. The van der Waals surface area contributed by atoms with Gasteiger partial charge in [-0.25, -0.2) is 0 Å². The Balaban J connectivity index is 2.23. The van der Waals surface area contributed by atoms with Crippen molar-refractivity contribution in [2.24, 2.45) is 0 Å². The molecule has 1 nitrogen and oxygen atoms in total. The van der Waals surface area contributed by atoms with Crippen LogP contribution in [0.5, 0.6) is 0 Å². The van der Waals surface area contributed by atoms with Gasteiger partial charge in [-0.15, -0.1) is 0 Å². The topological polar surface area (TPSA) is 4.93 Å². The Kier molecular flexibility index (Phi) is 4.25. The number of hydrogen-bond donors (Lipinski definition) is 0. The van der Waals surface area contributed by atoms with E-state index in [-0.39, 0.29) is 0 Å². The third-order valence-electron chi connectivity index (χ3n) is 3.55. The van der Waals surface area contributed by atoms with Crippen LogP contribution in [0, 0.1) is 0 Å². The summed E-state index contributed by atoms with van der Waals surface area (Å²) in [5, 5.41) is 4.92. The van der Waals surface area contributed by atoms with E-state index < -0.39 is 0 Å². The molecule has 104 valence electrons. The van der Waals surface area contributed by atoms with E-state index in [1.54, 1.807) is 0 Å². The molecule has 3 aromatic rings. The number of unbranched alkanes of at least 4 members (excludes halogenated alkanes) is 1. The van der Waals surface area contributed by atoms with Crippen LogP contribution in [0.25, 0.3) is 21.8 Å². The molecular weight excluding hydrogens is 357 g/mol. The van der Waals surface area contributed by atoms with Crippen LogP contribution in [-0.2, 0) is 6.54 Å². The Morgan fingerprint density at radius 3 is 1.90 bits per heavy atom. The van der Waals surface area contributed by atoms with Gasteiger partial charge < -0.3 is 4.57 Å². The zero-order chi connectivity index (χ0) is 14.1. The third kappa shape index (κ3) is 2.57. The highest BCUT2D eigenvalue weighted by molar-refractivity contribution is 9.09. The van der Waals surface area contributed by atoms with Crippen molar-refractivity contribution < 1.29 is 0 Å². The summed E-state index contributed by atoms with van der Waals surface area (Å²) in [7, 11) is 0. The van der Waals surface area contributed by atoms with Crippen LogP contribution in [0.4, 0.5) is 0 Å². The number of aromatic nitrogens is 1. The molecule has 0 aliphatic heterocycles. The molecule has 20 heavy (non-hydrogen) atoms. The van der Waals surface area contributed by atoms with Gasteiger partial charge in [0.15, 0.2) is 0 Å². The summed E-state index contributed by atoms with van der Waals surface area (Å²) >= 11 is 15.8. The average Bonchev–Trinajstić information content (AvgIpc) is 2.72. The summed E-state index contributed by atoms with van der Waals surface area (Å²) in [6, 6.07) is 12.1. The Bertz CT molecular complexity index is 705. The maximum Gasteiger partial charge on any atom is 0.0492 e. The maximum absolute atomic E-state index is 6.15. The molecule has 0 saturated heterocycles. The van der Waals surface area contributed by atoms with Crippen molar-refractivity contribution in [1.29, 1.82) is 0 Å². The minimum absolute atomic E-state index is 0.761. The average molecular weight is 371 g/mol. The summed E-state index contributed by atoms with van der Waals surface area (Å²) in [6.07, 6.45) is 2.32. The molecule has 0 atom stereocenters. The van der Waals surface area contributed by atoms with Crippen LogP contribution in [0.15, 0.2) is 36.4 Å². The van der Waals surface area contributed by atoms with E-state index in [1.807, 2.05) is 24.3 Å². The van der Waals surface area contributed by atoms with Gasteiger partial charge in [0.2, 0.25) is 0 Å². The van der Waals surface area contributed by atoms with Crippen LogP contribution < -0.4 is 0 Å². The molecule has 1 aromatic heterocycles. The van der Waals surface area contributed by atoms with Crippen molar-refractivity contribution in [1.82, 2.24) is 4.57 Å². The second-order valence-corrected chi connectivity index (χ2v) is 6.54. The lowest BCUT2D eigenvalue weighted by Crippen LogP contribution is -1.97. The van der Waals surface area contributed by atoms with E-state index in [1.165, 1.54) is 28.2 Å². The maximum atomic E-state index is 6.15. The molecule has 0 saturated carbocycles. The molecule has 0 spiro atoms. The quantitative estimate of drug-likeness (QED) is 0.376. The van der Waals surface area contributed by atoms with Crippen molar-refractivity contribution in [3.05, 3.63) is 46.4 Å². The number of nitrogens with zero attached hydrogens (tertiary/aromatic N) is 1. The molecule has 0 N–H and O–H groups in total. The van der Waals surface area contributed by atoms with Crippen molar-refractivity contribution >= 4 is 60.9 Å². The Hall–Kier alpha value is -0.700. The predicted molar refractivity (Wildman–Crippen MR) is 92.5 cm³/mol. The SMILES string of the molecule is Clc1ccc2c(c1)c1cc(Cl)ccc1n2CCCCBr. The first-order valence-corrected chi connectivity index (χ1v) is 8.51. The second-order valence-electron chi connectivity index (χ2n) is 4.87. The van der Waals surface area contributed by atoms with Gasteiger partial charge in [0.05, 0.1) is 0 Å². The fraction of sp³-hybridized carbons (Fsp3) is 0.250. The van der Waals surface area contributed by atoms with E-state index in [9.17, 15) is 0 Å². The lowest BCUT2D eigenvalue weighted by atomic mass is 10.1. The van der Waals surface area contributed by atoms with Crippen LogP contribution in [-0.4, -0.2) is 9.90 Å². The summed E-state index contributed by atoms with van der Waals surface area (Å²) in [4.78, 5) is 0. The Morgan fingerprint density at radius 1 is 0.850 bits per heavy atom. The smallest absolute Gasteiger partial charge is 0.0492 e. The number of alkyl halides is 1. The highest BCUT2D eigenvalue weighted by Crippen LogP contribution is 2.33. The zero-order valence-electron chi connectivity index (χ0n) is 10.9. The van der Waals surface area contributed by atoms with Gasteiger partial charge in [-0.05, 0) is 49.2 Å². The summed E-state index contributed by atoms with van der Waals surface area (Å²) in [5.74, 6) is 0. The fourth-order valence-electron chi connectivity index (χ4n) is 2.65. The van der Waals surface area contributed by atoms with Crippen molar-refractivity contribution in [2.45, 2.75) is 19.4 Å². The van der Waals surface area contributed by atoms with Crippen molar-refractivity contribution in [3.8, 4) is 0 Å². The summed E-state index contributed by atoms with van der Waals surface area (Å²) in [6.45, 7) is 1.01. The van der Waals surface area contributed by atoms with Gasteiger partial charge in [-0.1, -0.05) is 39.1 Å². The van der Waals surface area contributed by atoms with E-state index in [4.69, 9.17) is 23.2 Å². The van der Waals surface area contributed by atoms with Crippen molar-refractivity contribution in [3.63, 3.8) is 0 Å². The zero-order valence-corrected chi connectivity index (χ0v) is 14.0. The van der Waals surface area contributed by atoms with Crippen LogP contribution in [0.3, 0.4) is 0 Å². The number of fused-ring (bicyclic) bond motifs is 3. The van der Waals surface area contributed by atoms with E-state index >= 15 is 0 Å². The van der Waals surface area contributed by atoms with Gasteiger partial charge in [0, 0.05) is 43.7 Å². The summed E-state index contributed by atoms with van der Waals surface area (Å²) < 4.78 is 2.36. The van der Waals surface area contributed by atoms with Gasteiger partial charge in [-0.2, -0.15) is 0 Å². The van der Waals surface area contributed by atoms with Gasteiger partial charge >= 0.3 is 0 Å². The van der Waals surface area contributed by atoms with Crippen LogP contribution in [0.1, 0.15) is 12.8 Å². The lowest BCUT2D eigenvalue weighted by Gasteiger charge is -2.06. The first-order valence-electron chi connectivity index (χ1n) is 6.63. The highest BCUT2D eigenvalue weighted by atomic mass is 79.9. The first kappa shape index (κ1) is 14.2. The minimum atomic E-state index is 0.761. The second kappa shape index (κ2) is 5.97. The molecule has 2 aromatic carbocycles. The monoisotopic (exact) mass is 369 g/mol. The molecular formula is C16H14BrCl2N. The van der Waals surface area contributed by atoms with E-state index in [2.05, 4.69) is 32.6 Å². The van der Waals surface area contributed by atoms with Gasteiger partial charge in [0.1, 0.15) is 0 Å². The molecule has 0 bridgehead atoms. The highest BCUT2D eigenvalue weighted by Gasteiger charge is 2.11. The normalized spacial score (nSPS) is 11.6. The lowest BCUT2D eigenvalue weighted by molar-refractivity contribution is 0.670. The van der Waals surface area contributed by atoms with E-state index in [0.717, 1.165) is 28.3 Å².